The van der Waals surface area contributed by atoms with E-state index in [1.54, 1.807) is 0 Å². The summed E-state index contributed by atoms with van der Waals surface area (Å²) in [5.74, 6) is 3.37. The van der Waals surface area contributed by atoms with Crippen LogP contribution in [-0.4, -0.2) is 48.4 Å². The average molecular weight is 429 g/mol. The third-order valence-electron chi connectivity index (χ3n) is 5.67. The molecule has 4 nitrogen and oxygen atoms in total. The van der Waals surface area contributed by atoms with Gasteiger partial charge in [0.15, 0.2) is 0 Å². The van der Waals surface area contributed by atoms with Crippen molar-refractivity contribution in [2.24, 2.45) is 4.99 Å². The van der Waals surface area contributed by atoms with E-state index in [0.717, 1.165) is 59.4 Å². The van der Waals surface area contributed by atoms with Gasteiger partial charge >= 0.3 is 0 Å². The van der Waals surface area contributed by atoms with E-state index in [-0.39, 0.29) is 5.54 Å². The summed E-state index contributed by atoms with van der Waals surface area (Å²) < 4.78 is 0. The van der Waals surface area contributed by atoms with Gasteiger partial charge < -0.3 is 15.5 Å². The summed E-state index contributed by atoms with van der Waals surface area (Å²) in [5.41, 5.74) is 4.71. The minimum atomic E-state index is -0.0953. The van der Waals surface area contributed by atoms with Crippen molar-refractivity contribution in [2.45, 2.75) is 31.3 Å². The number of halogens is 1. The second-order valence-corrected chi connectivity index (χ2v) is 9.83. The Bertz CT molecular complexity index is 890. The number of nitrogens with zero attached hydrogens (tertiary/aromatic N) is 2. The quantitative estimate of drug-likeness (QED) is 0.691. The third kappa shape index (κ3) is 4.90. The van der Waals surface area contributed by atoms with E-state index in [1.807, 2.05) is 30.0 Å². The zero-order valence-electron chi connectivity index (χ0n) is 17.2. The Morgan fingerprint density at radius 3 is 2.66 bits per heavy atom. The highest BCUT2D eigenvalue weighted by Crippen LogP contribution is 2.39. The monoisotopic (exact) mass is 428 g/mol. The number of aliphatic imine (C=N–C) groups is 1. The summed E-state index contributed by atoms with van der Waals surface area (Å²) in [6.45, 7) is 1.68. The van der Waals surface area contributed by atoms with E-state index < -0.39 is 0 Å². The number of hydrogen-bond donors (Lipinski definition) is 2. The van der Waals surface area contributed by atoms with Crippen LogP contribution in [0.25, 0.3) is 0 Å². The first-order chi connectivity index (χ1) is 14.0. The van der Waals surface area contributed by atoms with E-state index in [2.05, 4.69) is 53.9 Å². The third-order valence-corrected chi connectivity index (χ3v) is 6.89. The molecule has 1 saturated heterocycles. The standard InChI is InChI=1S/C23H29ClN4S/c1-28(2)11-8-17-6-7-20-21(15-17)26-22(23(27-20)9-12-29-13-10-23)25-16-18-4-3-5-19(24)14-18/h3-7,14-15,27H,8-13,16H2,1-2H3,(H,25,26). The van der Waals surface area contributed by atoms with Gasteiger partial charge in [0.25, 0.3) is 0 Å². The summed E-state index contributed by atoms with van der Waals surface area (Å²) in [6, 6.07) is 14.7. The van der Waals surface area contributed by atoms with Crippen molar-refractivity contribution >= 4 is 40.6 Å². The fraction of sp³-hybridized carbons (Fsp3) is 0.435. The number of rotatable bonds is 5. The van der Waals surface area contributed by atoms with E-state index >= 15 is 0 Å². The minimum Gasteiger partial charge on any atom is -0.371 e. The van der Waals surface area contributed by atoms with Crippen LogP contribution in [0.2, 0.25) is 5.02 Å². The molecular formula is C23H29ClN4S. The Morgan fingerprint density at radius 2 is 1.90 bits per heavy atom. The lowest BCUT2D eigenvalue weighted by Crippen LogP contribution is -2.54. The lowest BCUT2D eigenvalue weighted by molar-refractivity contribution is 0.413. The zero-order valence-corrected chi connectivity index (χ0v) is 18.7. The Hall–Kier alpha value is -1.69. The first-order valence-corrected chi connectivity index (χ1v) is 11.8. The SMILES string of the molecule is CN(C)CCc1ccc2c(c1)NC(=NCc1cccc(Cl)c1)C1(CCSCC1)N2. The maximum absolute atomic E-state index is 6.16. The van der Waals surface area contributed by atoms with Crippen molar-refractivity contribution in [1.82, 2.24) is 4.90 Å². The molecule has 1 fully saturated rings. The topological polar surface area (TPSA) is 39.7 Å². The number of thioether (sulfide) groups is 1. The Labute approximate surface area is 183 Å². The Balaban J connectivity index is 1.61. The highest BCUT2D eigenvalue weighted by atomic mass is 35.5. The fourth-order valence-corrected chi connectivity index (χ4v) is 5.36. The minimum absolute atomic E-state index is 0.0953. The molecule has 0 aromatic heterocycles. The van der Waals surface area contributed by atoms with Crippen LogP contribution in [0.3, 0.4) is 0 Å². The van der Waals surface area contributed by atoms with Crippen LogP contribution in [0.5, 0.6) is 0 Å². The number of fused-ring (bicyclic) bond motifs is 1. The zero-order chi connectivity index (χ0) is 20.3. The van der Waals surface area contributed by atoms with Gasteiger partial charge in [-0.1, -0.05) is 29.8 Å². The van der Waals surface area contributed by atoms with Gasteiger partial charge in [-0.2, -0.15) is 11.8 Å². The predicted octanol–water partition coefficient (Wildman–Crippen LogP) is 5.15. The molecule has 2 aliphatic rings. The molecule has 0 atom stereocenters. The molecule has 154 valence electrons. The second-order valence-electron chi connectivity index (χ2n) is 8.17. The Morgan fingerprint density at radius 1 is 1.07 bits per heavy atom. The highest BCUT2D eigenvalue weighted by Gasteiger charge is 2.41. The molecule has 2 aliphatic heterocycles. The van der Waals surface area contributed by atoms with Crippen LogP contribution in [0, 0.1) is 0 Å². The lowest BCUT2D eigenvalue weighted by atomic mass is 9.87. The van der Waals surface area contributed by atoms with E-state index in [0.29, 0.717) is 6.54 Å². The van der Waals surface area contributed by atoms with E-state index in [9.17, 15) is 0 Å². The van der Waals surface area contributed by atoms with Crippen LogP contribution in [-0.2, 0) is 13.0 Å². The fourth-order valence-electron chi connectivity index (χ4n) is 3.95. The first kappa shape index (κ1) is 20.6. The van der Waals surface area contributed by atoms with Gasteiger partial charge in [-0.3, -0.25) is 4.99 Å². The van der Waals surface area contributed by atoms with Gasteiger partial charge in [0, 0.05) is 11.6 Å². The van der Waals surface area contributed by atoms with Crippen molar-refractivity contribution in [3.05, 3.63) is 58.6 Å². The molecule has 0 radical (unpaired) electrons. The van der Waals surface area contributed by atoms with Crippen LogP contribution in [0.1, 0.15) is 24.0 Å². The Kier molecular flexibility index (Phi) is 6.38. The molecule has 29 heavy (non-hydrogen) atoms. The van der Waals surface area contributed by atoms with Crippen molar-refractivity contribution < 1.29 is 0 Å². The molecule has 2 aromatic carbocycles. The van der Waals surface area contributed by atoms with Crippen LogP contribution < -0.4 is 10.6 Å². The first-order valence-electron chi connectivity index (χ1n) is 10.2. The molecule has 2 aromatic rings. The van der Waals surface area contributed by atoms with Gasteiger partial charge in [-0.25, -0.2) is 0 Å². The van der Waals surface area contributed by atoms with E-state index in [4.69, 9.17) is 16.6 Å². The molecule has 0 saturated carbocycles. The number of likely N-dealkylation sites (N-methyl/N-ethyl adjacent to an activating group) is 1. The summed E-state index contributed by atoms with van der Waals surface area (Å²) in [6.07, 6.45) is 3.21. The summed E-state index contributed by atoms with van der Waals surface area (Å²) >= 11 is 8.19. The van der Waals surface area contributed by atoms with Crippen LogP contribution >= 0.6 is 23.4 Å². The number of anilines is 2. The molecule has 1 spiro atoms. The second kappa shape index (κ2) is 8.99. The molecule has 0 amide bonds. The maximum Gasteiger partial charge on any atom is 0.127 e. The average Bonchev–Trinajstić information content (AvgIpc) is 2.71. The lowest BCUT2D eigenvalue weighted by Gasteiger charge is -2.44. The van der Waals surface area contributed by atoms with Gasteiger partial charge in [0.1, 0.15) is 5.84 Å². The normalized spacial score (nSPS) is 19.1. The maximum atomic E-state index is 6.16. The van der Waals surface area contributed by atoms with Crippen molar-refractivity contribution in [1.29, 1.82) is 0 Å². The number of amidine groups is 1. The van der Waals surface area contributed by atoms with Crippen LogP contribution in [0.15, 0.2) is 47.5 Å². The van der Waals surface area contributed by atoms with Crippen molar-refractivity contribution in [2.75, 3.05) is 42.8 Å². The molecule has 0 aliphatic carbocycles. The molecule has 2 heterocycles. The molecule has 6 heteroatoms. The molecule has 4 rings (SSSR count). The largest absolute Gasteiger partial charge is 0.371 e. The van der Waals surface area contributed by atoms with Crippen molar-refractivity contribution in [3.8, 4) is 0 Å². The number of nitrogens with one attached hydrogen (secondary N) is 2. The summed E-state index contributed by atoms with van der Waals surface area (Å²) in [4.78, 5) is 7.26. The van der Waals surface area contributed by atoms with Gasteiger partial charge in [-0.15, -0.1) is 0 Å². The number of hydrogen-bond acceptors (Lipinski definition) is 4. The number of benzene rings is 2. The summed E-state index contributed by atoms with van der Waals surface area (Å²) in [5, 5.41) is 8.32. The van der Waals surface area contributed by atoms with Crippen LogP contribution in [0.4, 0.5) is 11.4 Å². The molecular weight excluding hydrogens is 400 g/mol. The van der Waals surface area contributed by atoms with Gasteiger partial charge in [0.2, 0.25) is 0 Å². The molecule has 0 bridgehead atoms. The predicted molar refractivity (Wildman–Crippen MR) is 128 cm³/mol. The highest BCUT2D eigenvalue weighted by molar-refractivity contribution is 7.99. The van der Waals surface area contributed by atoms with Gasteiger partial charge in [0.05, 0.1) is 23.5 Å². The molecule has 0 unspecified atom stereocenters. The summed E-state index contributed by atoms with van der Waals surface area (Å²) in [7, 11) is 4.23. The smallest absolute Gasteiger partial charge is 0.127 e. The van der Waals surface area contributed by atoms with Gasteiger partial charge in [-0.05, 0) is 80.3 Å². The van der Waals surface area contributed by atoms with Crippen molar-refractivity contribution in [3.63, 3.8) is 0 Å². The molecule has 2 N–H and O–H groups in total. The van der Waals surface area contributed by atoms with E-state index in [1.165, 1.54) is 11.3 Å².